The van der Waals surface area contributed by atoms with Gasteiger partial charge in [0.05, 0.1) is 0 Å². The molecule has 0 amide bonds. The molecule has 0 heterocycles. The van der Waals surface area contributed by atoms with Gasteiger partial charge in [0.2, 0.25) is 0 Å². The van der Waals surface area contributed by atoms with Crippen LogP contribution in [0.3, 0.4) is 0 Å². The minimum Gasteiger partial charge on any atom is -0.299 e. The molecule has 3 atom stereocenters. The Kier molecular flexibility index (Phi) is 1.25. The number of carbonyl (C=O) groups is 1. The number of hydrogen-bond acceptors (Lipinski definition) is 1. The van der Waals surface area contributed by atoms with E-state index in [1.807, 2.05) is 0 Å². The van der Waals surface area contributed by atoms with Gasteiger partial charge in [-0.2, -0.15) is 0 Å². The normalized spacial score (nSPS) is 42.5. The molecule has 3 saturated carbocycles. The molecule has 0 radical (unpaired) electrons. The van der Waals surface area contributed by atoms with Gasteiger partial charge < -0.3 is 0 Å². The smallest absolute Gasteiger partial charge is 0.136 e. The second-order valence-electron chi connectivity index (χ2n) is 5.16. The fourth-order valence-corrected chi connectivity index (χ4v) is 3.01. The van der Waals surface area contributed by atoms with E-state index in [4.69, 9.17) is 0 Å². The minimum absolute atomic E-state index is 0.361. The maximum absolute atomic E-state index is 11.3. The highest BCUT2D eigenvalue weighted by molar-refractivity contribution is 5.86. The van der Waals surface area contributed by atoms with E-state index in [0.717, 1.165) is 12.3 Å². The number of hydrogen-bond donors (Lipinski definition) is 0. The lowest BCUT2D eigenvalue weighted by molar-refractivity contribution is -0.122. The number of fused-ring (bicyclic) bond motifs is 1. The standard InChI is InChI=1S/C10H16O/c1-10(2,3)9-6-4-7(9)8(11)5-6/h6-7,9H,4-5H2,1-3H3. The molecule has 1 nitrogen and oxygen atoms in total. The van der Waals surface area contributed by atoms with Crippen LogP contribution in [0.1, 0.15) is 33.6 Å². The van der Waals surface area contributed by atoms with Crippen LogP contribution in [-0.2, 0) is 4.79 Å². The van der Waals surface area contributed by atoms with Gasteiger partial charge in [-0.25, -0.2) is 0 Å². The van der Waals surface area contributed by atoms with Gasteiger partial charge in [-0.15, -0.1) is 0 Å². The highest BCUT2D eigenvalue weighted by atomic mass is 16.1. The minimum atomic E-state index is 0.361. The highest BCUT2D eigenvalue weighted by Gasteiger charge is 2.56. The number of ketones is 1. The molecular weight excluding hydrogens is 136 g/mol. The Bertz CT molecular complexity index is 199. The van der Waals surface area contributed by atoms with Crippen LogP contribution in [0.15, 0.2) is 0 Å². The van der Waals surface area contributed by atoms with Gasteiger partial charge in [0.15, 0.2) is 0 Å². The largest absolute Gasteiger partial charge is 0.299 e. The van der Waals surface area contributed by atoms with Crippen LogP contribution in [0.25, 0.3) is 0 Å². The average Bonchev–Trinajstić information content (AvgIpc) is 2.14. The van der Waals surface area contributed by atoms with Crippen molar-refractivity contribution in [3.63, 3.8) is 0 Å². The van der Waals surface area contributed by atoms with Crippen molar-refractivity contribution in [3.05, 3.63) is 0 Å². The van der Waals surface area contributed by atoms with Crippen molar-refractivity contribution < 1.29 is 4.79 Å². The molecule has 3 aliphatic rings. The molecular formula is C10H16O. The maximum Gasteiger partial charge on any atom is 0.136 e. The zero-order valence-corrected chi connectivity index (χ0v) is 7.55. The van der Waals surface area contributed by atoms with Crippen molar-refractivity contribution in [1.29, 1.82) is 0 Å². The van der Waals surface area contributed by atoms with Crippen molar-refractivity contribution in [1.82, 2.24) is 0 Å². The second-order valence-corrected chi connectivity index (χ2v) is 5.16. The van der Waals surface area contributed by atoms with E-state index in [1.54, 1.807) is 0 Å². The molecule has 11 heavy (non-hydrogen) atoms. The summed E-state index contributed by atoms with van der Waals surface area (Å²) in [5.41, 5.74) is 0.361. The molecule has 1 heteroatoms. The summed E-state index contributed by atoms with van der Waals surface area (Å²) in [5.74, 6) is 2.43. The van der Waals surface area contributed by atoms with Gasteiger partial charge in [0, 0.05) is 12.3 Å². The van der Waals surface area contributed by atoms with Gasteiger partial charge in [-0.3, -0.25) is 4.79 Å². The second kappa shape index (κ2) is 1.88. The van der Waals surface area contributed by atoms with E-state index >= 15 is 0 Å². The first-order valence-corrected chi connectivity index (χ1v) is 4.53. The van der Waals surface area contributed by atoms with E-state index in [-0.39, 0.29) is 0 Å². The van der Waals surface area contributed by atoms with E-state index in [2.05, 4.69) is 20.8 Å². The Balaban J connectivity index is 2.17. The zero-order chi connectivity index (χ0) is 8.22. The molecule has 3 fully saturated rings. The van der Waals surface area contributed by atoms with Crippen LogP contribution < -0.4 is 0 Å². The first-order chi connectivity index (χ1) is 5.00. The Labute approximate surface area is 68.2 Å². The SMILES string of the molecule is CC(C)(C)C1C2CC(=O)C1C2. The molecule has 0 aromatic rings. The van der Waals surface area contributed by atoms with E-state index in [9.17, 15) is 4.79 Å². The van der Waals surface area contributed by atoms with E-state index < -0.39 is 0 Å². The summed E-state index contributed by atoms with van der Waals surface area (Å²) in [4.78, 5) is 11.3. The fourth-order valence-electron chi connectivity index (χ4n) is 3.01. The summed E-state index contributed by atoms with van der Waals surface area (Å²) in [7, 11) is 0. The summed E-state index contributed by atoms with van der Waals surface area (Å²) in [6.45, 7) is 6.78. The molecule has 2 bridgehead atoms. The van der Waals surface area contributed by atoms with E-state index in [1.165, 1.54) is 6.42 Å². The number of rotatable bonds is 0. The number of carbonyl (C=O) groups excluding carboxylic acids is 1. The van der Waals surface area contributed by atoms with Gasteiger partial charge in [0.1, 0.15) is 5.78 Å². The predicted octanol–water partition coefficient (Wildman–Crippen LogP) is 2.26. The van der Waals surface area contributed by atoms with Crippen LogP contribution in [0.5, 0.6) is 0 Å². The molecule has 3 rings (SSSR count). The van der Waals surface area contributed by atoms with Gasteiger partial charge in [-0.05, 0) is 23.7 Å². The quantitative estimate of drug-likeness (QED) is 0.520. The van der Waals surface area contributed by atoms with Crippen LogP contribution in [0.4, 0.5) is 0 Å². The molecule has 3 unspecified atom stereocenters. The lowest BCUT2D eigenvalue weighted by Crippen LogP contribution is -2.39. The Morgan fingerprint density at radius 2 is 2.00 bits per heavy atom. The van der Waals surface area contributed by atoms with Gasteiger partial charge in [0.25, 0.3) is 0 Å². The summed E-state index contributed by atoms with van der Waals surface area (Å²) in [6, 6.07) is 0. The molecule has 0 N–H and O–H groups in total. The average molecular weight is 152 g/mol. The van der Waals surface area contributed by atoms with Crippen LogP contribution >= 0.6 is 0 Å². The van der Waals surface area contributed by atoms with Crippen LogP contribution in [0.2, 0.25) is 0 Å². The van der Waals surface area contributed by atoms with Crippen LogP contribution in [-0.4, -0.2) is 5.78 Å². The molecule has 0 aliphatic heterocycles. The summed E-state index contributed by atoms with van der Waals surface area (Å²) >= 11 is 0. The Morgan fingerprint density at radius 1 is 1.36 bits per heavy atom. The monoisotopic (exact) mass is 152 g/mol. The number of Topliss-reactive ketones (excluding diaryl/α,β-unsaturated/α-hetero) is 1. The first kappa shape index (κ1) is 7.33. The lowest BCUT2D eigenvalue weighted by atomic mass is 9.60. The molecule has 0 spiro atoms. The zero-order valence-electron chi connectivity index (χ0n) is 7.55. The molecule has 0 aromatic carbocycles. The third-order valence-corrected chi connectivity index (χ3v) is 3.37. The third kappa shape index (κ3) is 0.863. The van der Waals surface area contributed by atoms with Crippen molar-refractivity contribution in [3.8, 4) is 0 Å². The van der Waals surface area contributed by atoms with Crippen LogP contribution in [0, 0.1) is 23.2 Å². The summed E-state index contributed by atoms with van der Waals surface area (Å²) in [5, 5.41) is 0. The van der Waals surface area contributed by atoms with Crippen molar-refractivity contribution >= 4 is 5.78 Å². The van der Waals surface area contributed by atoms with E-state index in [0.29, 0.717) is 23.0 Å². The molecule has 62 valence electrons. The van der Waals surface area contributed by atoms with Gasteiger partial charge in [-0.1, -0.05) is 20.8 Å². The topological polar surface area (TPSA) is 17.1 Å². The Morgan fingerprint density at radius 3 is 2.18 bits per heavy atom. The first-order valence-electron chi connectivity index (χ1n) is 4.53. The lowest BCUT2D eigenvalue weighted by Gasteiger charge is -2.43. The van der Waals surface area contributed by atoms with Gasteiger partial charge >= 0.3 is 0 Å². The molecule has 0 aromatic heterocycles. The van der Waals surface area contributed by atoms with Crippen molar-refractivity contribution in [2.24, 2.45) is 23.2 Å². The van der Waals surface area contributed by atoms with Crippen molar-refractivity contribution in [2.75, 3.05) is 0 Å². The maximum atomic E-state index is 11.3. The summed E-state index contributed by atoms with van der Waals surface area (Å²) < 4.78 is 0. The fraction of sp³-hybridized carbons (Fsp3) is 0.900. The third-order valence-electron chi connectivity index (χ3n) is 3.37. The Hall–Kier alpha value is -0.330. The summed E-state index contributed by atoms with van der Waals surface area (Å²) in [6.07, 6.45) is 2.08. The molecule has 0 saturated heterocycles. The predicted molar refractivity (Wildman–Crippen MR) is 44.2 cm³/mol. The molecule has 3 aliphatic carbocycles. The highest BCUT2D eigenvalue weighted by Crippen LogP contribution is 2.58. The van der Waals surface area contributed by atoms with Crippen molar-refractivity contribution in [2.45, 2.75) is 33.6 Å².